The number of ether oxygens (including phenoxy) is 1. The summed E-state index contributed by atoms with van der Waals surface area (Å²) in [7, 11) is 1.63. The number of anilines is 1. The molecule has 0 amide bonds. The van der Waals surface area contributed by atoms with Gasteiger partial charge in [-0.25, -0.2) is 9.97 Å². The molecular weight excluding hydrogens is 286 g/mol. The number of hydrogen-bond donors (Lipinski definition) is 1. The van der Waals surface area contributed by atoms with Crippen LogP contribution in [-0.4, -0.2) is 17.1 Å². The van der Waals surface area contributed by atoms with Gasteiger partial charge < -0.3 is 10.1 Å². The predicted octanol–water partition coefficient (Wildman–Crippen LogP) is 3.90. The second-order valence-corrected chi connectivity index (χ2v) is 4.90. The Morgan fingerprint density at radius 2 is 1.90 bits per heavy atom. The lowest BCUT2D eigenvalue weighted by atomic mass is 10.2. The summed E-state index contributed by atoms with van der Waals surface area (Å²) in [6.45, 7) is 0.667. The van der Waals surface area contributed by atoms with Crippen LogP contribution in [0.3, 0.4) is 0 Å². The maximum Gasteiger partial charge on any atom is 0.224 e. The number of nitrogens with zero attached hydrogens (tertiary/aromatic N) is 2. The molecular formula is C16H14ClN3O. The Kier molecular flexibility index (Phi) is 3.88. The molecule has 0 fully saturated rings. The number of halogens is 1. The molecule has 0 bridgehead atoms. The SMILES string of the molecule is COc1ccc2nc(Cl)nc(NCc3ccccc3)c2c1. The summed E-state index contributed by atoms with van der Waals surface area (Å²) in [5, 5.41) is 4.41. The van der Waals surface area contributed by atoms with Crippen LogP contribution in [0, 0.1) is 0 Å². The molecule has 0 aliphatic heterocycles. The van der Waals surface area contributed by atoms with Crippen molar-refractivity contribution in [3.05, 3.63) is 59.4 Å². The van der Waals surface area contributed by atoms with Crippen LogP contribution >= 0.6 is 11.6 Å². The molecule has 3 aromatic rings. The Bertz CT molecular complexity index is 762. The average Bonchev–Trinajstić information content (AvgIpc) is 2.53. The van der Waals surface area contributed by atoms with E-state index in [1.54, 1.807) is 7.11 Å². The highest BCUT2D eigenvalue weighted by Crippen LogP contribution is 2.26. The van der Waals surface area contributed by atoms with Gasteiger partial charge in [0.25, 0.3) is 0 Å². The smallest absolute Gasteiger partial charge is 0.224 e. The summed E-state index contributed by atoms with van der Waals surface area (Å²) >= 11 is 5.99. The van der Waals surface area contributed by atoms with Gasteiger partial charge in [-0.05, 0) is 35.4 Å². The van der Waals surface area contributed by atoms with Crippen molar-refractivity contribution in [1.29, 1.82) is 0 Å². The van der Waals surface area contributed by atoms with E-state index < -0.39 is 0 Å². The number of fused-ring (bicyclic) bond motifs is 1. The van der Waals surface area contributed by atoms with Crippen LogP contribution < -0.4 is 10.1 Å². The second-order valence-electron chi connectivity index (χ2n) is 4.56. The summed E-state index contributed by atoms with van der Waals surface area (Å²) in [5.74, 6) is 1.46. The molecule has 0 aliphatic carbocycles. The Labute approximate surface area is 127 Å². The summed E-state index contributed by atoms with van der Waals surface area (Å²) in [6.07, 6.45) is 0. The quantitative estimate of drug-likeness (QED) is 0.742. The Hall–Kier alpha value is -2.33. The molecule has 0 spiro atoms. The van der Waals surface area contributed by atoms with Crippen molar-refractivity contribution < 1.29 is 4.74 Å². The third-order valence-corrected chi connectivity index (χ3v) is 3.35. The molecule has 1 aromatic heterocycles. The van der Waals surface area contributed by atoms with Crippen molar-refractivity contribution in [3.8, 4) is 5.75 Å². The zero-order valence-corrected chi connectivity index (χ0v) is 12.3. The van der Waals surface area contributed by atoms with Gasteiger partial charge in [0.05, 0.1) is 12.6 Å². The van der Waals surface area contributed by atoms with Crippen LogP contribution in [0.15, 0.2) is 48.5 Å². The summed E-state index contributed by atoms with van der Waals surface area (Å²) in [5.41, 5.74) is 1.95. The lowest BCUT2D eigenvalue weighted by molar-refractivity contribution is 0.415. The first-order valence-corrected chi connectivity index (χ1v) is 6.93. The van der Waals surface area contributed by atoms with Crippen LogP contribution in [0.1, 0.15) is 5.56 Å². The third-order valence-electron chi connectivity index (χ3n) is 3.18. The molecule has 4 nitrogen and oxygen atoms in total. The zero-order chi connectivity index (χ0) is 14.7. The topological polar surface area (TPSA) is 47.0 Å². The van der Waals surface area contributed by atoms with Gasteiger partial charge in [0.1, 0.15) is 11.6 Å². The molecule has 106 valence electrons. The maximum absolute atomic E-state index is 5.99. The summed E-state index contributed by atoms with van der Waals surface area (Å²) in [4.78, 5) is 8.50. The average molecular weight is 300 g/mol. The van der Waals surface area contributed by atoms with Crippen LogP contribution in [0.2, 0.25) is 5.28 Å². The third kappa shape index (κ3) is 3.06. The van der Waals surface area contributed by atoms with E-state index in [2.05, 4.69) is 27.4 Å². The molecule has 1 heterocycles. The standard InChI is InChI=1S/C16H14ClN3O/c1-21-12-7-8-14-13(9-12)15(20-16(17)19-14)18-10-11-5-3-2-4-6-11/h2-9H,10H2,1H3,(H,18,19,20). The zero-order valence-electron chi connectivity index (χ0n) is 11.5. The summed E-state index contributed by atoms with van der Waals surface area (Å²) in [6, 6.07) is 15.7. The number of benzene rings is 2. The van der Waals surface area contributed by atoms with E-state index in [4.69, 9.17) is 16.3 Å². The molecule has 0 atom stereocenters. The van der Waals surface area contributed by atoms with Crippen LogP contribution in [0.4, 0.5) is 5.82 Å². The van der Waals surface area contributed by atoms with Gasteiger partial charge in [-0.2, -0.15) is 0 Å². The fourth-order valence-corrected chi connectivity index (χ4v) is 2.30. The van der Waals surface area contributed by atoms with E-state index >= 15 is 0 Å². The van der Waals surface area contributed by atoms with Gasteiger partial charge >= 0.3 is 0 Å². The highest BCUT2D eigenvalue weighted by molar-refractivity contribution is 6.28. The maximum atomic E-state index is 5.99. The first-order valence-electron chi connectivity index (χ1n) is 6.55. The summed E-state index contributed by atoms with van der Waals surface area (Å²) < 4.78 is 5.25. The minimum absolute atomic E-state index is 0.225. The van der Waals surface area contributed by atoms with Crippen molar-refractivity contribution in [3.63, 3.8) is 0 Å². The van der Waals surface area contributed by atoms with E-state index in [1.165, 1.54) is 5.56 Å². The molecule has 0 saturated heterocycles. The highest BCUT2D eigenvalue weighted by Gasteiger charge is 2.08. The molecule has 3 rings (SSSR count). The van der Waals surface area contributed by atoms with E-state index in [0.29, 0.717) is 12.4 Å². The number of rotatable bonds is 4. The molecule has 0 radical (unpaired) electrons. The molecule has 1 N–H and O–H groups in total. The van der Waals surface area contributed by atoms with E-state index in [0.717, 1.165) is 16.7 Å². The van der Waals surface area contributed by atoms with Crippen molar-refractivity contribution in [1.82, 2.24) is 9.97 Å². The van der Waals surface area contributed by atoms with E-state index in [9.17, 15) is 0 Å². The molecule has 0 saturated carbocycles. The fourth-order valence-electron chi connectivity index (χ4n) is 2.12. The largest absolute Gasteiger partial charge is 0.497 e. The first kappa shape index (κ1) is 13.6. The van der Waals surface area contributed by atoms with Gasteiger partial charge in [0, 0.05) is 11.9 Å². The Morgan fingerprint density at radius 3 is 2.67 bits per heavy atom. The van der Waals surface area contributed by atoms with Crippen LogP contribution in [0.5, 0.6) is 5.75 Å². The van der Waals surface area contributed by atoms with Crippen LogP contribution in [0.25, 0.3) is 10.9 Å². The lowest BCUT2D eigenvalue weighted by Gasteiger charge is -2.10. The highest BCUT2D eigenvalue weighted by atomic mass is 35.5. The second kappa shape index (κ2) is 5.97. The van der Waals surface area contributed by atoms with E-state index in [-0.39, 0.29) is 5.28 Å². The van der Waals surface area contributed by atoms with Gasteiger partial charge in [0.15, 0.2) is 0 Å². The van der Waals surface area contributed by atoms with Gasteiger partial charge in [-0.15, -0.1) is 0 Å². The first-order chi connectivity index (χ1) is 10.3. The number of nitrogens with one attached hydrogen (secondary N) is 1. The van der Waals surface area contributed by atoms with Crippen molar-refractivity contribution in [2.75, 3.05) is 12.4 Å². The number of methoxy groups -OCH3 is 1. The monoisotopic (exact) mass is 299 g/mol. The lowest BCUT2D eigenvalue weighted by Crippen LogP contribution is -2.03. The van der Waals surface area contributed by atoms with Crippen molar-refractivity contribution in [2.24, 2.45) is 0 Å². The number of aromatic nitrogens is 2. The van der Waals surface area contributed by atoms with E-state index in [1.807, 2.05) is 36.4 Å². The molecule has 5 heteroatoms. The normalized spacial score (nSPS) is 10.6. The van der Waals surface area contributed by atoms with Gasteiger partial charge in [-0.1, -0.05) is 30.3 Å². The van der Waals surface area contributed by atoms with Crippen molar-refractivity contribution in [2.45, 2.75) is 6.54 Å². The minimum atomic E-state index is 0.225. The molecule has 0 aliphatic rings. The molecule has 0 unspecified atom stereocenters. The fraction of sp³-hybridized carbons (Fsp3) is 0.125. The van der Waals surface area contributed by atoms with Gasteiger partial charge in [-0.3, -0.25) is 0 Å². The Morgan fingerprint density at radius 1 is 1.10 bits per heavy atom. The minimum Gasteiger partial charge on any atom is -0.497 e. The molecule has 2 aromatic carbocycles. The predicted molar refractivity (Wildman–Crippen MR) is 84.9 cm³/mol. The Balaban J connectivity index is 1.96. The van der Waals surface area contributed by atoms with Gasteiger partial charge in [0.2, 0.25) is 5.28 Å². The van der Waals surface area contributed by atoms with Crippen molar-refractivity contribution >= 4 is 28.3 Å². The van der Waals surface area contributed by atoms with Crippen LogP contribution in [-0.2, 0) is 6.54 Å². The number of hydrogen-bond acceptors (Lipinski definition) is 4. The molecule has 21 heavy (non-hydrogen) atoms.